The van der Waals surface area contributed by atoms with Gasteiger partial charge in [-0.25, -0.2) is 0 Å². The van der Waals surface area contributed by atoms with E-state index in [1.54, 1.807) is 6.20 Å². The number of nitrogens with one attached hydrogen (secondary N) is 1. The summed E-state index contributed by atoms with van der Waals surface area (Å²) in [6, 6.07) is 2.65. The van der Waals surface area contributed by atoms with Crippen LogP contribution in [0.5, 0.6) is 0 Å². The Morgan fingerprint density at radius 1 is 1.50 bits per heavy atom. The third-order valence-corrected chi connectivity index (χ3v) is 5.42. The Labute approximate surface area is 126 Å². The highest BCUT2D eigenvalue weighted by Gasteiger charge is 2.47. The van der Waals surface area contributed by atoms with Crippen molar-refractivity contribution in [2.45, 2.75) is 51.2 Å². The van der Waals surface area contributed by atoms with E-state index in [1.165, 1.54) is 24.8 Å². The van der Waals surface area contributed by atoms with Crippen LogP contribution in [0.25, 0.3) is 0 Å². The number of halogens is 1. The average molecular weight is 294 g/mol. The Bertz CT molecular complexity index is 475. The lowest BCUT2D eigenvalue weighted by Crippen LogP contribution is -2.63. The lowest BCUT2D eigenvalue weighted by atomic mass is 9.88. The predicted octanol–water partition coefficient (Wildman–Crippen LogP) is 3.09. The van der Waals surface area contributed by atoms with Crippen molar-refractivity contribution in [3.8, 4) is 0 Å². The number of piperazine rings is 1. The molecule has 2 aliphatic rings. The van der Waals surface area contributed by atoms with Crippen molar-refractivity contribution in [2.24, 2.45) is 5.92 Å². The lowest BCUT2D eigenvalue weighted by Gasteiger charge is -2.49. The van der Waals surface area contributed by atoms with Crippen LogP contribution in [0.4, 0.5) is 0 Å². The SMILES string of the molecule is CCC1CN(Cc2ccncc2Cl)C(C)(C2CC2)CN1. The van der Waals surface area contributed by atoms with Gasteiger partial charge >= 0.3 is 0 Å². The minimum atomic E-state index is 0.276. The second-order valence-corrected chi connectivity index (χ2v) is 6.87. The van der Waals surface area contributed by atoms with Gasteiger partial charge in [0.1, 0.15) is 0 Å². The molecule has 2 unspecified atom stereocenters. The maximum Gasteiger partial charge on any atom is 0.0634 e. The van der Waals surface area contributed by atoms with Gasteiger partial charge in [-0.15, -0.1) is 0 Å². The highest BCUT2D eigenvalue weighted by atomic mass is 35.5. The Hall–Kier alpha value is -0.640. The number of nitrogens with zero attached hydrogens (tertiary/aromatic N) is 2. The largest absolute Gasteiger partial charge is 0.311 e. The van der Waals surface area contributed by atoms with Crippen molar-refractivity contribution < 1.29 is 0 Å². The summed E-state index contributed by atoms with van der Waals surface area (Å²) >= 11 is 6.30. The fourth-order valence-electron chi connectivity index (χ4n) is 3.37. The number of hydrogen-bond acceptors (Lipinski definition) is 3. The van der Waals surface area contributed by atoms with Crippen molar-refractivity contribution in [1.82, 2.24) is 15.2 Å². The van der Waals surface area contributed by atoms with Gasteiger partial charge < -0.3 is 5.32 Å². The zero-order chi connectivity index (χ0) is 14.2. The van der Waals surface area contributed by atoms with Gasteiger partial charge in [0.15, 0.2) is 0 Å². The van der Waals surface area contributed by atoms with E-state index < -0.39 is 0 Å². The second-order valence-electron chi connectivity index (χ2n) is 6.47. The molecule has 0 bridgehead atoms. The molecule has 2 heterocycles. The van der Waals surface area contributed by atoms with E-state index in [9.17, 15) is 0 Å². The van der Waals surface area contributed by atoms with E-state index in [-0.39, 0.29) is 5.54 Å². The first-order valence-electron chi connectivity index (χ1n) is 7.70. The van der Waals surface area contributed by atoms with E-state index >= 15 is 0 Å². The summed E-state index contributed by atoms with van der Waals surface area (Å²) in [6.45, 7) is 7.82. The van der Waals surface area contributed by atoms with Crippen LogP contribution in [-0.2, 0) is 6.54 Å². The van der Waals surface area contributed by atoms with Crippen molar-refractivity contribution in [3.63, 3.8) is 0 Å². The summed E-state index contributed by atoms with van der Waals surface area (Å²) in [5, 5.41) is 4.51. The molecule has 110 valence electrons. The Balaban J connectivity index is 1.81. The molecule has 0 spiro atoms. The number of pyridine rings is 1. The molecular formula is C16H24ClN3. The maximum absolute atomic E-state index is 6.30. The topological polar surface area (TPSA) is 28.2 Å². The van der Waals surface area contributed by atoms with Gasteiger partial charge in [-0.1, -0.05) is 18.5 Å². The molecule has 0 radical (unpaired) electrons. The zero-order valence-corrected chi connectivity index (χ0v) is 13.2. The van der Waals surface area contributed by atoms with Crippen molar-refractivity contribution >= 4 is 11.6 Å². The van der Waals surface area contributed by atoms with Gasteiger partial charge in [-0.05, 0) is 43.7 Å². The van der Waals surface area contributed by atoms with Crippen molar-refractivity contribution in [2.75, 3.05) is 13.1 Å². The summed E-state index contributed by atoms with van der Waals surface area (Å²) in [4.78, 5) is 6.74. The molecule has 1 aromatic rings. The zero-order valence-electron chi connectivity index (χ0n) is 12.4. The molecule has 20 heavy (non-hydrogen) atoms. The van der Waals surface area contributed by atoms with Gasteiger partial charge in [0.2, 0.25) is 0 Å². The minimum absolute atomic E-state index is 0.276. The van der Waals surface area contributed by atoms with Gasteiger partial charge in [-0.2, -0.15) is 0 Å². The van der Waals surface area contributed by atoms with E-state index in [0.29, 0.717) is 6.04 Å². The smallest absolute Gasteiger partial charge is 0.0634 e. The standard InChI is InChI=1S/C16H24ClN3/c1-3-14-10-20(9-12-6-7-18-8-15(12)17)16(2,11-19-14)13-4-5-13/h6-8,13-14,19H,3-5,9-11H2,1-2H3. The summed E-state index contributed by atoms with van der Waals surface area (Å²) in [5.41, 5.74) is 1.48. The number of aromatic nitrogens is 1. The normalized spacial score (nSPS) is 31.4. The molecule has 1 aliphatic heterocycles. The van der Waals surface area contributed by atoms with E-state index in [2.05, 4.69) is 35.1 Å². The monoisotopic (exact) mass is 293 g/mol. The van der Waals surface area contributed by atoms with Crippen molar-refractivity contribution in [3.05, 3.63) is 29.0 Å². The molecule has 2 fully saturated rings. The summed E-state index contributed by atoms with van der Waals surface area (Å²) in [7, 11) is 0. The van der Waals surface area contributed by atoms with E-state index in [0.717, 1.165) is 30.6 Å². The first-order chi connectivity index (χ1) is 9.63. The molecule has 1 N–H and O–H groups in total. The number of rotatable bonds is 4. The maximum atomic E-state index is 6.30. The lowest BCUT2D eigenvalue weighted by molar-refractivity contribution is 0.0271. The van der Waals surface area contributed by atoms with E-state index in [4.69, 9.17) is 11.6 Å². The van der Waals surface area contributed by atoms with Crippen LogP contribution in [0.2, 0.25) is 5.02 Å². The molecule has 1 saturated heterocycles. The quantitative estimate of drug-likeness (QED) is 0.925. The molecule has 3 rings (SSSR count). The predicted molar refractivity (Wildman–Crippen MR) is 82.9 cm³/mol. The summed E-state index contributed by atoms with van der Waals surface area (Å²) in [6.07, 6.45) is 7.52. The van der Waals surface area contributed by atoms with Crippen molar-refractivity contribution in [1.29, 1.82) is 0 Å². The van der Waals surface area contributed by atoms with Crippen LogP contribution in [0.3, 0.4) is 0 Å². The third kappa shape index (κ3) is 2.72. The Morgan fingerprint density at radius 2 is 2.30 bits per heavy atom. The first kappa shape index (κ1) is 14.3. The molecule has 1 aromatic heterocycles. The second kappa shape index (κ2) is 5.63. The van der Waals surface area contributed by atoms with Crippen LogP contribution >= 0.6 is 11.6 Å². The highest BCUT2D eigenvalue weighted by Crippen LogP contribution is 2.44. The summed E-state index contributed by atoms with van der Waals surface area (Å²) < 4.78 is 0. The van der Waals surface area contributed by atoms with Gasteiger partial charge in [0.25, 0.3) is 0 Å². The average Bonchev–Trinajstić information content (AvgIpc) is 3.28. The molecule has 3 nitrogen and oxygen atoms in total. The van der Waals surface area contributed by atoms with Gasteiger partial charge in [0.05, 0.1) is 5.02 Å². The van der Waals surface area contributed by atoms with Gasteiger partial charge in [0, 0.05) is 43.6 Å². The fourth-order valence-corrected chi connectivity index (χ4v) is 3.55. The molecule has 1 aliphatic carbocycles. The first-order valence-corrected chi connectivity index (χ1v) is 8.08. The van der Waals surface area contributed by atoms with Crippen LogP contribution in [0.15, 0.2) is 18.5 Å². The van der Waals surface area contributed by atoms with Crippen LogP contribution < -0.4 is 5.32 Å². The Morgan fingerprint density at radius 3 is 2.95 bits per heavy atom. The number of hydrogen-bond donors (Lipinski definition) is 1. The van der Waals surface area contributed by atoms with E-state index in [1.807, 2.05) is 6.20 Å². The fraction of sp³-hybridized carbons (Fsp3) is 0.688. The third-order valence-electron chi connectivity index (χ3n) is 5.08. The van der Waals surface area contributed by atoms with Crippen LogP contribution in [0, 0.1) is 5.92 Å². The molecule has 2 atom stereocenters. The molecular weight excluding hydrogens is 270 g/mol. The molecule has 4 heteroatoms. The van der Waals surface area contributed by atoms with Crippen LogP contribution in [-0.4, -0.2) is 34.6 Å². The highest BCUT2D eigenvalue weighted by molar-refractivity contribution is 6.31. The molecule has 0 aromatic carbocycles. The summed E-state index contributed by atoms with van der Waals surface area (Å²) in [5.74, 6) is 0.841. The van der Waals surface area contributed by atoms with Gasteiger partial charge in [-0.3, -0.25) is 9.88 Å². The minimum Gasteiger partial charge on any atom is -0.311 e. The molecule has 1 saturated carbocycles. The van der Waals surface area contributed by atoms with Crippen LogP contribution in [0.1, 0.15) is 38.7 Å². The Kier molecular flexibility index (Phi) is 4.02. The molecule has 0 amide bonds.